The van der Waals surface area contributed by atoms with E-state index in [0.717, 1.165) is 18.6 Å². The molecule has 0 aromatic heterocycles. The Balaban J connectivity index is 2.18. The normalized spacial score (nSPS) is 24.2. The van der Waals surface area contributed by atoms with E-state index >= 15 is 0 Å². The van der Waals surface area contributed by atoms with Crippen LogP contribution in [0, 0.1) is 11.6 Å². The molecular weight excluding hydrogens is 260 g/mol. The van der Waals surface area contributed by atoms with Gasteiger partial charge in [0, 0.05) is 18.4 Å². The molecule has 0 heterocycles. The number of hydrogen-bond acceptors (Lipinski definition) is 3. The molecule has 0 saturated heterocycles. The summed E-state index contributed by atoms with van der Waals surface area (Å²) in [5.41, 5.74) is 0.150. The standard InChI is InChI=1S/C12H15F2NO2S/c1-18(16,17)12-4-2-3-11(12)15-10-6-5-8(13)7-9(10)14/h5-7,11-12,15H,2-4H2,1H3. The molecule has 1 saturated carbocycles. The van der Waals surface area contributed by atoms with Crippen molar-refractivity contribution >= 4 is 15.5 Å². The van der Waals surface area contributed by atoms with Crippen molar-refractivity contribution in [3.8, 4) is 0 Å². The molecule has 1 aliphatic rings. The number of sulfone groups is 1. The fourth-order valence-electron chi connectivity index (χ4n) is 2.41. The molecule has 3 nitrogen and oxygen atoms in total. The molecular formula is C12H15F2NO2S. The summed E-state index contributed by atoms with van der Waals surface area (Å²) in [4.78, 5) is 0. The van der Waals surface area contributed by atoms with E-state index in [-0.39, 0.29) is 11.7 Å². The summed E-state index contributed by atoms with van der Waals surface area (Å²) in [6.45, 7) is 0. The van der Waals surface area contributed by atoms with Gasteiger partial charge >= 0.3 is 0 Å². The third kappa shape index (κ3) is 2.80. The van der Waals surface area contributed by atoms with Crippen LogP contribution >= 0.6 is 0 Å². The highest BCUT2D eigenvalue weighted by Crippen LogP contribution is 2.28. The van der Waals surface area contributed by atoms with Gasteiger partial charge in [-0.25, -0.2) is 17.2 Å². The van der Waals surface area contributed by atoms with Gasteiger partial charge in [-0.3, -0.25) is 0 Å². The van der Waals surface area contributed by atoms with E-state index in [0.29, 0.717) is 12.8 Å². The highest BCUT2D eigenvalue weighted by atomic mass is 32.2. The number of halogens is 2. The minimum absolute atomic E-state index is 0.150. The van der Waals surface area contributed by atoms with Crippen LogP contribution in [0.4, 0.5) is 14.5 Å². The van der Waals surface area contributed by atoms with Crippen molar-refractivity contribution in [3.05, 3.63) is 29.8 Å². The Labute approximate surface area is 105 Å². The second-order valence-electron chi connectivity index (χ2n) is 4.67. The maximum atomic E-state index is 13.5. The van der Waals surface area contributed by atoms with E-state index in [2.05, 4.69) is 5.32 Å². The fourth-order valence-corrected chi connectivity index (χ4v) is 3.81. The topological polar surface area (TPSA) is 46.2 Å². The zero-order chi connectivity index (χ0) is 13.3. The molecule has 0 aliphatic heterocycles. The molecule has 1 fully saturated rings. The van der Waals surface area contributed by atoms with Crippen LogP contribution < -0.4 is 5.32 Å². The van der Waals surface area contributed by atoms with Gasteiger partial charge in [-0.15, -0.1) is 0 Å². The number of benzene rings is 1. The van der Waals surface area contributed by atoms with E-state index < -0.39 is 26.7 Å². The van der Waals surface area contributed by atoms with E-state index in [9.17, 15) is 17.2 Å². The number of hydrogen-bond donors (Lipinski definition) is 1. The molecule has 0 bridgehead atoms. The Morgan fingerprint density at radius 3 is 2.61 bits per heavy atom. The smallest absolute Gasteiger partial charge is 0.152 e. The predicted octanol–water partition coefficient (Wildman–Crippen LogP) is 2.34. The van der Waals surface area contributed by atoms with Crippen molar-refractivity contribution in [2.24, 2.45) is 0 Å². The summed E-state index contributed by atoms with van der Waals surface area (Å²) in [5, 5.41) is 2.37. The molecule has 0 radical (unpaired) electrons. The van der Waals surface area contributed by atoms with E-state index in [1.165, 1.54) is 12.3 Å². The van der Waals surface area contributed by atoms with Gasteiger partial charge in [-0.05, 0) is 31.4 Å². The highest BCUT2D eigenvalue weighted by molar-refractivity contribution is 7.91. The molecule has 1 N–H and O–H groups in total. The summed E-state index contributed by atoms with van der Waals surface area (Å²) in [6, 6.07) is 2.92. The SMILES string of the molecule is CS(=O)(=O)C1CCCC1Nc1ccc(F)cc1F. The first-order valence-corrected chi connectivity index (χ1v) is 7.74. The Kier molecular flexibility index (Phi) is 3.56. The highest BCUT2D eigenvalue weighted by Gasteiger charge is 2.35. The van der Waals surface area contributed by atoms with Crippen LogP contribution in [0.1, 0.15) is 19.3 Å². The molecule has 1 aromatic carbocycles. The van der Waals surface area contributed by atoms with Crippen molar-refractivity contribution < 1.29 is 17.2 Å². The van der Waals surface area contributed by atoms with Gasteiger partial charge < -0.3 is 5.32 Å². The van der Waals surface area contributed by atoms with Gasteiger partial charge in [0.25, 0.3) is 0 Å². The molecule has 6 heteroatoms. The zero-order valence-electron chi connectivity index (χ0n) is 9.99. The first-order chi connectivity index (χ1) is 8.38. The third-order valence-corrected chi connectivity index (χ3v) is 4.94. The quantitative estimate of drug-likeness (QED) is 0.921. The Morgan fingerprint density at radius 1 is 1.28 bits per heavy atom. The lowest BCUT2D eigenvalue weighted by atomic mass is 10.2. The maximum absolute atomic E-state index is 13.5. The lowest BCUT2D eigenvalue weighted by molar-refractivity contribution is 0.572. The molecule has 18 heavy (non-hydrogen) atoms. The summed E-state index contributed by atoms with van der Waals surface area (Å²) in [7, 11) is -3.15. The summed E-state index contributed by atoms with van der Waals surface area (Å²) in [6.07, 6.45) is 3.24. The van der Waals surface area contributed by atoms with Gasteiger partial charge in [0.1, 0.15) is 11.6 Å². The second-order valence-corrected chi connectivity index (χ2v) is 6.94. The first kappa shape index (κ1) is 13.3. The second kappa shape index (κ2) is 4.84. The average molecular weight is 275 g/mol. The largest absolute Gasteiger partial charge is 0.379 e. The molecule has 2 unspecified atom stereocenters. The lowest BCUT2D eigenvalue weighted by Crippen LogP contribution is -2.34. The molecule has 100 valence electrons. The van der Waals surface area contributed by atoms with Crippen LogP contribution in [0.3, 0.4) is 0 Å². The summed E-state index contributed by atoms with van der Waals surface area (Å²) >= 11 is 0. The predicted molar refractivity (Wildman–Crippen MR) is 66.3 cm³/mol. The Hall–Kier alpha value is -1.17. The average Bonchev–Trinajstić information content (AvgIpc) is 2.70. The first-order valence-electron chi connectivity index (χ1n) is 5.78. The number of anilines is 1. The van der Waals surface area contributed by atoms with E-state index in [4.69, 9.17) is 0 Å². The van der Waals surface area contributed by atoms with Crippen LogP contribution in [0.5, 0.6) is 0 Å². The molecule has 2 atom stereocenters. The van der Waals surface area contributed by atoms with Gasteiger partial charge in [0.2, 0.25) is 0 Å². The zero-order valence-corrected chi connectivity index (χ0v) is 10.8. The van der Waals surface area contributed by atoms with Crippen molar-refractivity contribution in [1.82, 2.24) is 0 Å². The summed E-state index contributed by atoms with van der Waals surface area (Å²) < 4.78 is 49.4. The molecule has 2 rings (SSSR count). The van der Waals surface area contributed by atoms with Crippen LogP contribution in [0.2, 0.25) is 0 Å². The van der Waals surface area contributed by atoms with Crippen molar-refractivity contribution in [2.75, 3.05) is 11.6 Å². The van der Waals surface area contributed by atoms with Crippen LogP contribution in [-0.2, 0) is 9.84 Å². The van der Waals surface area contributed by atoms with Gasteiger partial charge in [0.15, 0.2) is 9.84 Å². The van der Waals surface area contributed by atoms with Crippen molar-refractivity contribution in [2.45, 2.75) is 30.6 Å². The van der Waals surface area contributed by atoms with Crippen molar-refractivity contribution in [3.63, 3.8) is 0 Å². The van der Waals surface area contributed by atoms with E-state index in [1.54, 1.807) is 0 Å². The molecule has 1 aliphatic carbocycles. The minimum atomic E-state index is -3.15. The van der Waals surface area contributed by atoms with Crippen molar-refractivity contribution in [1.29, 1.82) is 0 Å². The van der Waals surface area contributed by atoms with Crippen LogP contribution in [-0.4, -0.2) is 26.0 Å². The summed E-state index contributed by atoms with van der Waals surface area (Å²) in [5.74, 6) is -1.35. The molecule has 1 aromatic rings. The van der Waals surface area contributed by atoms with E-state index in [1.807, 2.05) is 0 Å². The van der Waals surface area contributed by atoms with Crippen LogP contribution in [0.25, 0.3) is 0 Å². The van der Waals surface area contributed by atoms with Gasteiger partial charge in [0.05, 0.1) is 10.9 Å². The maximum Gasteiger partial charge on any atom is 0.152 e. The third-order valence-electron chi connectivity index (χ3n) is 3.27. The Bertz CT molecular complexity index is 545. The Morgan fingerprint density at radius 2 is 2.00 bits per heavy atom. The number of nitrogens with one attached hydrogen (secondary N) is 1. The number of rotatable bonds is 3. The lowest BCUT2D eigenvalue weighted by Gasteiger charge is -2.21. The minimum Gasteiger partial charge on any atom is -0.379 e. The van der Waals surface area contributed by atoms with Crippen LogP contribution in [0.15, 0.2) is 18.2 Å². The fraction of sp³-hybridized carbons (Fsp3) is 0.500. The molecule has 0 spiro atoms. The molecule has 0 amide bonds. The van der Waals surface area contributed by atoms with Gasteiger partial charge in [-0.2, -0.15) is 0 Å². The van der Waals surface area contributed by atoms with Gasteiger partial charge in [-0.1, -0.05) is 0 Å². The monoisotopic (exact) mass is 275 g/mol.